The van der Waals surface area contributed by atoms with E-state index in [1.165, 1.54) is 4.31 Å². The van der Waals surface area contributed by atoms with Gasteiger partial charge >= 0.3 is 0 Å². The van der Waals surface area contributed by atoms with Gasteiger partial charge in [-0.1, -0.05) is 5.92 Å². The second kappa shape index (κ2) is 6.75. The van der Waals surface area contributed by atoms with E-state index in [0.29, 0.717) is 43.4 Å². The fourth-order valence-corrected chi connectivity index (χ4v) is 3.37. The van der Waals surface area contributed by atoms with E-state index < -0.39 is 10.0 Å². The zero-order valence-electron chi connectivity index (χ0n) is 11.4. The molecule has 1 aromatic rings. The highest BCUT2D eigenvalue weighted by Gasteiger charge is 2.25. The van der Waals surface area contributed by atoms with E-state index in [-0.39, 0.29) is 0 Å². The molecule has 0 atom stereocenters. The third kappa shape index (κ3) is 3.51. The number of piperazine rings is 1. The Bertz CT molecular complexity index is 594. The SMILES string of the molecule is CC#CCOc1ccc(S(=O)(=O)N2CCNCC2)cc1. The maximum atomic E-state index is 12.4. The number of nitrogens with zero attached hydrogens (tertiary/aromatic N) is 1. The number of hydrogen-bond acceptors (Lipinski definition) is 4. The van der Waals surface area contributed by atoms with Crippen molar-refractivity contribution in [1.82, 2.24) is 9.62 Å². The molecule has 1 N–H and O–H groups in total. The molecule has 0 unspecified atom stereocenters. The van der Waals surface area contributed by atoms with Crippen LogP contribution in [0.5, 0.6) is 5.75 Å². The van der Waals surface area contributed by atoms with Gasteiger partial charge in [-0.2, -0.15) is 4.31 Å². The van der Waals surface area contributed by atoms with Crippen LogP contribution in [0.25, 0.3) is 0 Å². The largest absolute Gasteiger partial charge is 0.481 e. The first-order valence-corrected chi connectivity index (χ1v) is 7.92. The molecule has 0 amide bonds. The number of ether oxygens (including phenoxy) is 1. The molecule has 6 heteroatoms. The van der Waals surface area contributed by atoms with E-state index in [1.54, 1.807) is 31.2 Å². The van der Waals surface area contributed by atoms with Crippen LogP contribution < -0.4 is 10.1 Å². The first kappa shape index (κ1) is 14.9. The normalized spacial score (nSPS) is 16.2. The van der Waals surface area contributed by atoms with Crippen molar-refractivity contribution < 1.29 is 13.2 Å². The van der Waals surface area contributed by atoms with Gasteiger partial charge in [0.2, 0.25) is 10.0 Å². The quantitative estimate of drug-likeness (QED) is 0.830. The maximum absolute atomic E-state index is 12.4. The molecule has 2 rings (SSSR count). The summed E-state index contributed by atoms with van der Waals surface area (Å²) in [6.45, 7) is 4.44. The Hall–Kier alpha value is -1.55. The summed E-state index contributed by atoms with van der Waals surface area (Å²) in [5, 5.41) is 3.14. The van der Waals surface area contributed by atoms with Crippen LogP contribution in [0, 0.1) is 11.8 Å². The lowest BCUT2D eigenvalue weighted by Crippen LogP contribution is -2.46. The molecule has 1 heterocycles. The van der Waals surface area contributed by atoms with E-state index in [1.807, 2.05) is 0 Å². The molecule has 1 aliphatic rings. The first-order chi connectivity index (χ1) is 9.64. The highest BCUT2D eigenvalue weighted by Crippen LogP contribution is 2.19. The molecule has 0 spiro atoms. The summed E-state index contributed by atoms with van der Waals surface area (Å²) in [6, 6.07) is 6.47. The van der Waals surface area contributed by atoms with Gasteiger partial charge in [0.1, 0.15) is 12.4 Å². The minimum absolute atomic E-state index is 0.299. The summed E-state index contributed by atoms with van der Waals surface area (Å²) in [6.07, 6.45) is 0. The molecule has 1 saturated heterocycles. The van der Waals surface area contributed by atoms with Crippen LogP contribution in [0.15, 0.2) is 29.2 Å². The fourth-order valence-electron chi connectivity index (χ4n) is 1.93. The van der Waals surface area contributed by atoms with Gasteiger partial charge < -0.3 is 10.1 Å². The molecule has 1 fully saturated rings. The molecule has 0 aromatic heterocycles. The predicted octanol–water partition coefficient (Wildman–Crippen LogP) is 0.683. The molecule has 5 nitrogen and oxygen atoms in total. The van der Waals surface area contributed by atoms with Crippen molar-refractivity contribution >= 4 is 10.0 Å². The number of hydrogen-bond donors (Lipinski definition) is 1. The van der Waals surface area contributed by atoms with Crippen molar-refractivity contribution in [3.05, 3.63) is 24.3 Å². The number of benzene rings is 1. The molecule has 1 aliphatic heterocycles. The van der Waals surface area contributed by atoms with Gasteiger partial charge in [0.05, 0.1) is 4.90 Å². The Morgan fingerprint density at radius 1 is 1.25 bits per heavy atom. The Kier molecular flexibility index (Phi) is 5.01. The van der Waals surface area contributed by atoms with Gasteiger partial charge in [-0.05, 0) is 31.2 Å². The lowest BCUT2D eigenvalue weighted by atomic mass is 10.3. The van der Waals surface area contributed by atoms with Crippen molar-refractivity contribution in [2.45, 2.75) is 11.8 Å². The van der Waals surface area contributed by atoms with Crippen LogP contribution in [0.2, 0.25) is 0 Å². The average molecular weight is 294 g/mol. The van der Waals surface area contributed by atoms with E-state index in [9.17, 15) is 8.42 Å². The minimum atomic E-state index is -3.39. The molecule has 108 valence electrons. The van der Waals surface area contributed by atoms with Crippen molar-refractivity contribution in [2.24, 2.45) is 0 Å². The fraction of sp³-hybridized carbons (Fsp3) is 0.429. The standard InChI is InChI=1S/C14H18N2O3S/c1-2-3-12-19-13-4-6-14(7-5-13)20(17,18)16-10-8-15-9-11-16/h4-7,15H,8-12H2,1H3. The second-order valence-electron chi connectivity index (χ2n) is 4.34. The number of nitrogens with one attached hydrogen (secondary N) is 1. The smallest absolute Gasteiger partial charge is 0.243 e. The monoisotopic (exact) mass is 294 g/mol. The Balaban J connectivity index is 2.09. The lowest BCUT2D eigenvalue weighted by Gasteiger charge is -2.26. The zero-order valence-corrected chi connectivity index (χ0v) is 12.2. The molecule has 0 radical (unpaired) electrons. The van der Waals surface area contributed by atoms with Crippen LogP contribution >= 0.6 is 0 Å². The highest BCUT2D eigenvalue weighted by molar-refractivity contribution is 7.89. The third-order valence-corrected chi connectivity index (χ3v) is 4.94. The molecule has 20 heavy (non-hydrogen) atoms. The third-order valence-electron chi connectivity index (χ3n) is 3.03. The van der Waals surface area contributed by atoms with E-state index in [2.05, 4.69) is 17.2 Å². The van der Waals surface area contributed by atoms with Gasteiger partial charge in [0.15, 0.2) is 0 Å². The van der Waals surface area contributed by atoms with Crippen LogP contribution in [0.3, 0.4) is 0 Å². The Labute approximate surface area is 120 Å². The minimum Gasteiger partial charge on any atom is -0.481 e. The Morgan fingerprint density at radius 2 is 1.90 bits per heavy atom. The number of sulfonamides is 1. The second-order valence-corrected chi connectivity index (χ2v) is 6.28. The summed E-state index contributed by atoms with van der Waals surface area (Å²) in [4.78, 5) is 0.299. The van der Waals surface area contributed by atoms with E-state index in [0.717, 1.165) is 0 Å². The molecular weight excluding hydrogens is 276 g/mol. The van der Waals surface area contributed by atoms with Crippen molar-refractivity contribution in [2.75, 3.05) is 32.8 Å². The predicted molar refractivity (Wildman–Crippen MR) is 77.0 cm³/mol. The summed E-state index contributed by atoms with van der Waals surface area (Å²) in [7, 11) is -3.39. The lowest BCUT2D eigenvalue weighted by molar-refractivity contribution is 0.359. The summed E-state index contributed by atoms with van der Waals surface area (Å²) < 4.78 is 31.7. The van der Waals surface area contributed by atoms with E-state index >= 15 is 0 Å². The van der Waals surface area contributed by atoms with Gasteiger partial charge in [0.25, 0.3) is 0 Å². The van der Waals surface area contributed by atoms with E-state index in [4.69, 9.17) is 4.74 Å². The summed E-state index contributed by atoms with van der Waals surface area (Å²) >= 11 is 0. The summed E-state index contributed by atoms with van der Waals surface area (Å²) in [5.41, 5.74) is 0. The maximum Gasteiger partial charge on any atom is 0.243 e. The van der Waals surface area contributed by atoms with Crippen molar-refractivity contribution in [3.63, 3.8) is 0 Å². The van der Waals surface area contributed by atoms with Crippen molar-refractivity contribution in [1.29, 1.82) is 0 Å². The molecule has 0 aliphatic carbocycles. The molecule has 1 aromatic carbocycles. The van der Waals surface area contributed by atoms with Crippen LogP contribution in [-0.4, -0.2) is 45.5 Å². The van der Waals surface area contributed by atoms with Crippen LogP contribution in [0.1, 0.15) is 6.92 Å². The van der Waals surface area contributed by atoms with Gasteiger partial charge in [-0.3, -0.25) is 0 Å². The molecule has 0 bridgehead atoms. The Morgan fingerprint density at radius 3 is 2.50 bits per heavy atom. The first-order valence-electron chi connectivity index (χ1n) is 6.48. The molecular formula is C14H18N2O3S. The topological polar surface area (TPSA) is 58.6 Å². The van der Waals surface area contributed by atoms with Gasteiger partial charge in [-0.15, -0.1) is 5.92 Å². The van der Waals surface area contributed by atoms with Gasteiger partial charge in [0, 0.05) is 26.2 Å². The van der Waals surface area contributed by atoms with Crippen LogP contribution in [0.4, 0.5) is 0 Å². The number of rotatable bonds is 4. The highest BCUT2D eigenvalue weighted by atomic mass is 32.2. The van der Waals surface area contributed by atoms with Crippen molar-refractivity contribution in [3.8, 4) is 17.6 Å². The zero-order chi connectivity index (χ0) is 14.4. The molecule has 0 saturated carbocycles. The summed E-state index contributed by atoms with van der Waals surface area (Å²) in [5.74, 6) is 6.14. The average Bonchev–Trinajstić information content (AvgIpc) is 2.49. The van der Waals surface area contributed by atoms with Gasteiger partial charge in [-0.25, -0.2) is 8.42 Å². The van der Waals surface area contributed by atoms with Crippen LogP contribution in [-0.2, 0) is 10.0 Å².